The van der Waals surface area contributed by atoms with Crippen molar-refractivity contribution < 1.29 is 5.11 Å². The lowest BCUT2D eigenvalue weighted by Gasteiger charge is -2.08. The van der Waals surface area contributed by atoms with E-state index in [1.54, 1.807) is 25.1 Å². The van der Waals surface area contributed by atoms with Gasteiger partial charge in [-0.25, -0.2) is 0 Å². The number of aliphatic hydroxyl groups excluding tert-OH is 1. The van der Waals surface area contributed by atoms with Gasteiger partial charge >= 0.3 is 0 Å². The van der Waals surface area contributed by atoms with Crippen LogP contribution >= 0.6 is 11.6 Å². The van der Waals surface area contributed by atoms with Gasteiger partial charge in [0, 0.05) is 5.56 Å². The quantitative estimate of drug-likeness (QED) is 0.635. The first-order chi connectivity index (χ1) is 5.13. The molecule has 11 heavy (non-hydrogen) atoms. The van der Waals surface area contributed by atoms with E-state index in [0.29, 0.717) is 16.3 Å². The van der Waals surface area contributed by atoms with Crippen LogP contribution in [0, 0.1) is 0 Å². The Kier molecular flexibility index (Phi) is 2.37. The summed E-state index contributed by atoms with van der Waals surface area (Å²) in [5, 5.41) is 9.68. The van der Waals surface area contributed by atoms with Crippen LogP contribution in [0.1, 0.15) is 18.6 Å². The molecule has 60 valence electrons. The van der Waals surface area contributed by atoms with Crippen molar-refractivity contribution in [2.75, 3.05) is 5.73 Å². The summed E-state index contributed by atoms with van der Waals surface area (Å²) in [7, 11) is 0. The Labute approximate surface area is 70.6 Å². The molecule has 0 saturated carbocycles. The summed E-state index contributed by atoms with van der Waals surface area (Å²) < 4.78 is 0. The predicted octanol–water partition coefficient (Wildman–Crippen LogP) is 1.98. The van der Waals surface area contributed by atoms with Crippen molar-refractivity contribution in [3.63, 3.8) is 0 Å². The molecule has 1 atom stereocenters. The molecule has 0 aromatic heterocycles. The highest BCUT2D eigenvalue weighted by Gasteiger charge is 2.06. The minimum atomic E-state index is -0.561. The van der Waals surface area contributed by atoms with Gasteiger partial charge in [-0.1, -0.05) is 23.7 Å². The first-order valence-corrected chi connectivity index (χ1v) is 3.72. The van der Waals surface area contributed by atoms with Crippen LogP contribution in [0.25, 0.3) is 0 Å². The van der Waals surface area contributed by atoms with Gasteiger partial charge in [0.15, 0.2) is 0 Å². The largest absolute Gasteiger partial charge is 0.397 e. The van der Waals surface area contributed by atoms with E-state index in [1.165, 1.54) is 0 Å². The Morgan fingerprint density at radius 1 is 1.55 bits per heavy atom. The van der Waals surface area contributed by atoms with E-state index in [4.69, 9.17) is 17.3 Å². The topological polar surface area (TPSA) is 46.2 Å². The van der Waals surface area contributed by atoms with E-state index in [-0.39, 0.29) is 0 Å². The zero-order valence-electron chi connectivity index (χ0n) is 6.21. The third kappa shape index (κ3) is 1.64. The van der Waals surface area contributed by atoms with Crippen molar-refractivity contribution in [2.45, 2.75) is 13.0 Å². The molecule has 0 spiro atoms. The lowest BCUT2D eigenvalue weighted by Crippen LogP contribution is -1.98. The highest BCUT2D eigenvalue weighted by Crippen LogP contribution is 2.26. The van der Waals surface area contributed by atoms with Gasteiger partial charge in [-0.05, 0) is 13.0 Å². The van der Waals surface area contributed by atoms with Crippen molar-refractivity contribution in [3.8, 4) is 0 Å². The molecule has 0 aliphatic rings. The molecule has 0 fully saturated rings. The average molecular weight is 172 g/mol. The van der Waals surface area contributed by atoms with Crippen LogP contribution in [0.5, 0.6) is 0 Å². The summed E-state index contributed by atoms with van der Waals surface area (Å²) in [5.41, 5.74) is 6.73. The van der Waals surface area contributed by atoms with Gasteiger partial charge < -0.3 is 10.8 Å². The zero-order chi connectivity index (χ0) is 8.43. The molecule has 3 heteroatoms. The Morgan fingerprint density at radius 3 is 2.64 bits per heavy atom. The number of halogens is 1. The second-order valence-corrected chi connectivity index (χ2v) is 2.83. The molecule has 1 rings (SSSR count). The fourth-order valence-electron chi connectivity index (χ4n) is 0.918. The molecule has 0 bridgehead atoms. The fourth-order valence-corrected chi connectivity index (χ4v) is 1.10. The maximum absolute atomic E-state index is 9.19. The van der Waals surface area contributed by atoms with E-state index >= 15 is 0 Å². The SMILES string of the molecule is C[C@@H](O)c1cccc(Cl)c1N. The number of rotatable bonds is 1. The van der Waals surface area contributed by atoms with Crippen molar-refractivity contribution in [1.29, 1.82) is 0 Å². The lowest BCUT2D eigenvalue weighted by molar-refractivity contribution is 0.200. The molecule has 2 nitrogen and oxygen atoms in total. The Hall–Kier alpha value is -0.730. The molecule has 1 aromatic carbocycles. The van der Waals surface area contributed by atoms with Crippen LogP contribution < -0.4 is 5.73 Å². The number of nitrogens with two attached hydrogens (primary N) is 1. The summed E-state index contributed by atoms with van der Waals surface area (Å²) in [6.07, 6.45) is -0.561. The van der Waals surface area contributed by atoms with E-state index in [9.17, 15) is 5.11 Å². The monoisotopic (exact) mass is 171 g/mol. The molecule has 0 aliphatic carbocycles. The van der Waals surface area contributed by atoms with Crippen LogP contribution in [0.3, 0.4) is 0 Å². The molecular formula is C8H10ClNO. The second kappa shape index (κ2) is 3.11. The summed E-state index contributed by atoms with van der Waals surface area (Å²) in [6.45, 7) is 1.65. The number of para-hydroxylation sites is 1. The lowest BCUT2D eigenvalue weighted by atomic mass is 10.1. The number of hydrogen-bond acceptors (Lipinski definition) is 2. The minimum Gasteiger partial charge on any atom is -0.397 e. The third-order valence-corrected chi connectivity index (χ3v) is 1.87. The number of aliphatic hydroxyl groups is 1. The summed E-state index contributed by atoms with van der Waals surface area (Å²) in [6, 6.07) is 5.22. The minimum absolute atomic E-state index is 0.462. The maximum atomic E-state index is 9.19. The van der Waals surface area contributed by atoms with Crippen LogP contribution in [0.4, 0.5) is 5.69 Å². The normalized spacial score (nSPS) is 13.0. The first-order valence-electron chi connectivity index (χ1n) is 3.35. The van der Waals surface area contributed by atoms with Gasteiger partial charge in [0.2, 0.25) is 0 Å². The van der Waals surface area contributed by atoms with Crippen LogP contribution in [-0.2, 0) is 0 Å². The van der Waals surface area contributed by atoms with Gasteiger partial charge in [-0.2, -0.15) is 0 Å². The highest BCUT2D eigenvalue weighted by molar-refractivity contribution is 6.33. The second-order valence-electron chi connectivity index (χ2n) is 2.42. The van der Waals surface area contributed by atoms with Crippen molar-refractivity contribution in [3.05, 3.63) is 28.8 Å². The van der Waals surface area contributed by atoms with E-state index in [1.807, 2.05) is 0 Å². The van der Waals surface area contributed by atoms with Gasteiger partial charge in [0.1, 0.15) is 0 Å². The van der Waals surface area contributed by atoms with Crippen LogP contribution in [0.15, 0.2) is 18.2 Å². The summed E-state index contributed by atoms with van der Waals surface area (Å²) in [4.78, 5) is 0. The van der Waals surface area contributed by atoms with Gasteiger partial charge in [0.05, 0.1) is 16.8 Å². The molecule has 0 amide bonds. The van der Waals surface area contributed by atoms with Crippen LogP contribution in [0.2, 0.25) is 5.02 Å². The average Bonchev–Trinajstić information content (AvgIpc) is 1.94. The van der Waals surface area contributed by atoms with Gasteiger partial charge in [-0.15, -0.1) is 0 Å². The molecule has 0 heterocycles. The fraction of sp³-hybridized carbons (Fsp3) is 0.250. The van der Waals surface area contributed by atoms with Crippen molar-refractivity contribution >= 4 is 17.3 Å². The van der Waals surface area contributed by atoms with Crippen molar-refractivity contribution in [2.24, 2.45) is 0 Å². The first kappa shape index (κ1) is 8.37. The van der Waals surface area contributed by atoms with Crippen molar-refractivity contribution in [1.82, 2.24) is 0 Å². The molecular weight excluding hydrogens is 162 g/mol. The van der Waals surface area contributed by atoms with Gasteiger partial charge in [0.25, 0.3) is 0 Å². The van der Waals surface area contributed by atoms with E-state index in [2.05, 4.69) is 0 Å². The number of benzene rings is 1. The molecule has 0 saturated heterocycles. The smallest absolute Gasteiger partial charge is 0.0782 e. The maximum Gasteiger partial charge on any atom is 0.0782 e. The highest BCUT2D eigenvalue weighted by atomic mass is 35.5. The number of nitrogen functional groups attached to an aromatic ring is 1. The predicted molar refractivity (Wildman–Crippen MR) is 46.5 cm³/mol. The number of hydrogen-bond donors (Lipinski definition) is 2. The number of anilines is 1. The van der Waals surface area contributed by atoms with E-state index < -0.39 is 6.10 Å². The summed E-state index contributed by atoms with van der Waals surface area (Å²) >= 11 is 5.72. The molecule has 3 N–H and O–H groups in total. The van der Waals surface area contributed by atoms with Gasteiger partial charge in [-0.3, -0.25) is 0 Å². The standard InChI is InChI=1S/C8H10ClNO/c1-5(11)6-3-2-4-7(9)8(6)10/h2-5,11H,10H2,1H3/t5-/m1/s1. The van der Waals surface area contributed by atoms with E-state index in [0.717, 1.165) is 0 Å². The molecule has 1 aromatic rings. The molecule has 0 radical (unpaired) electrons. The van der Waals surface area contributed by atoms with Crippen LogP contribution in [-0.4, -0.2) is 5.11 Å². The molecule has 0 unspecified atom stereocenters. The summed E-state index contributed by atoms with van der Waals surface area (Å²) in [5.74, 6) is 0. The third-order valence-electron chi connectivity index (χ3n) is 1.54. The zero-order valence-corrected chi connectivity index (χ0v) is 6.97. The Bertz CT molecular complexity index is 260. The molecule has 0 aliphatic heterocycles. The Balaban J connectivity index is 3.17. The Morgan fingerprint density at radius 2 is 2.18 bits per heavy atom.